The molecule has 0 amide bonds. The number of phenolic OH excluding ortho intramolecular Hbond substituents is 2. The summed E-state index contributed by atoms with van der Waals surface area (Å²) in [4.78, 5) is 0. The number of rotatable bonds is 3. The minimum absolute atomic E-state index is 0.00938. The first-order valence-electron chi connectivity index (χ1n) is 7.15. The van der Waals surface area contributed by atoms with Gasteiger partial charge < -0.3 is 15.5 Å². The van der Waals surface area contributed by atoms with Gasteiger partial charge >= 0.3 is 0 Å². The fraction of sp³-hybridized carbons (Fsp3) is 0.222. The van der Waals surface area contributed by atoms with Crippen LogP contribution in [-0.4, -0.2) is 23.8 Å². The maximum absolute atomic E-state index is 10.2. The average Bonchev–Trinajstić information content (AvgIpc) is 2.52. The highest BCUT2D eigenvalue weighted by Crippen LogP contribution is 2.41. The lowest BCUT2D eigenvalue weighted by molar-refractivity contribution is 0.398. The molecule has 108 valence electrons. The third-order valence-electron chi connectivity index (χ3n) is 4.03. The van der Waals surface area contributed by atoms with E-state index >= 15 is 0 Å². The van der Waals surface area contributed by atoms with Crippen LogP contribution in [0.15, 0.2) is 48.5 Å². The summed E-state index contributed by atoms with van der Waals surface area (Å²) in [5.74, 6) is 0.177. The first-order chi connectivity index (χ1) is 10.2. The van der Waals surface area contributed by atoms with Crippen molar-refractivity contribution in [2.75, 3.05) is 13.6 Å². The van der Waals surface area contributed by atoms with E-state index < -0.39 is 0 Å². The maximum Gasteiger partial charge on any atom is 0.161 e. The van der Waals surface area contributed by atoms with Gasteiger partial charge in [0.05, 0.1) is 0 Å². The summed E-state index contributed by atoms with van der Waals surface area (Å²) in [5, 5.41) is 23.1. The predicted octanol–water partition coefficient (Wildman–Crippen LogP) is 3.04. The Morgan fingerprint density at radius 3 is 2.57 bits per heavy atom. The Bertz CT molecular complexity index is 677. The second-order valence-electron chi connectivity index (χ2n) is 5.40. The maximum atomic E-state index is 10.2. The number of benzene rings is 2. The van der Waals surface area contributed by atoms with Gasteiger partial charge in [-0.3, -0.25) is 0 Å². The quantitative estimate of drug-likeness (QED) is 0.758. The van der Waals surface area contributed by atoms with Crippen LogP contribution in [0.1, 0.15) is 22.6 Å². The number of fused-ring (bicyclic) bond motifs is 1. The zero-order valence-electron chi connectivity index (χ0n) is 12.0. The van der Waals surface area contributed by atoms with Crippen LogP contribution in [0.25, 0.3) is 5.57 Å². The van der Waals surface area contributed by atoms with Gasteiger partial charge in [0.1, 0.15) is 0 Å². The van der Waals surface area contributed by atoms with Crippen molar-refractivity contribution in [3.8, 4) is 11.5 Å². The summed E-state index contributed by atoms with van der Waals surface area (Å²) in [6.07, 6.45) is 2.96. The molecule has 0 aromatic heterocycles. The molecule has 3 nitrogen and oxygen atoms in total. The third-order valence-corrected chi connectivity index (χ3v) is 4.03. The van der Waals surface area contributed by atoms with Crippen molar-refractivity contribution in [3.05, 3.63) is 65.2 Å². The van der Waals surface area contributed by atoms with Crippen molar-refractivity contribution in [2.45, 2.75) is 12.3 Å². The van der Waals surface area contributed by atoms with E-state index in [0.29, 0.717) is 6.42 Å². The van der Waals surface area contributed by atoms with Gasteiger partial charge in [-0.1, -0.05) is 42.5 Å². The van der Waals surface area contributed by atoms with Gasteiger partial charge in [-0.15, -0.1) is 0 Å². The Hall–Kier alpha value is -2.26. The average molecular weight is 281 g/mol. The number of aromatic hydroxyl groups is 2. The number of hydrogen-bond donors (Lipinski definition) is 3. The largest absolute Gasteiger partial charge is 0.504 e. The molecule has 0 saturated carbocycles. The Kier molecular flexibility index (Phi) is 3.67. The summed E-state index contributed by atoms with van der Waals surface area (Å²) in [7, 11) is 1.91. The highest BCUT2D eigenvalue weighted by molar-refractivity contribution is 5.76. The summed E-state index contributed by atoms with van der Waals surface area (Å²) in [5.41, 5.74) is 4.23. The van der Waals surface area contributed by atoms with Crippen molar-refractivity contribution in [3.63, 3.8) is 0 Å². The van der Waals surface area contributed by atoms with Gasteiger partial charge in [-0.2, -0.15) is 0 Å². The normalized spacial score (nSPS) is 17.2. The van der Waals surface area contributed by atoms with E-state index in [0.717, 1.165) is 23.2 Å². The zero-order chi connectivity index (χ0) is 14.8. The number of phenols is 2. The summed E-state index contributed by atoms with van der Waals surface area (Å²) in [6.45, 7) is 0.737. The Morgan fingerprint density at radius 2 is 1.86 bits per heavy atom. The fourth-order valence-electron chi connectivity index (χ4n) is 3.00. The van der Waals surface area contributed by atoms with Crippen molar-refractivity contribution in [1.29, 1.82) is 0 Å². The second kappa shape index (κ2) is 5.62. The van der Waals surface area contributed by atoms with Crippen LogP contribution in [0.2, 0.25) is 0 Å². The SMILES string of the molecule is CNCC1=CC(c2ccccc2)Cc2c1ccc(O)c2O. The minimum Gasteiger partial charge on any atom is -0.504 e. The highest BCUT2D eigenvalue weighted by atomic mass is 16.3. The molecule has 0 bridgehead atoms. The zero-order valence-corrected chi connectivity index (χ0v) is 12.0. The van der Waals surface area contributed by atoms with Gasteiger partial charge in [0.15, 0.2) is 11.5 Å². The topological polar surface area (TPSA) is 52.5 Å². The lowest BCUT2D eigenvalue weighted by Gasteiger charge is -2.25. The molecule has 0 spiro atoms. The lowest BCUT2D eigenvalue weighted by atomic mass is 9.80. The lowest BCUT2D eigenvalue weighted by Crippen LogP contribution is -2.16. The van der Waals surface area contributed by atoms with Gasteiger partial charge in [0.2, 0.25) is 0 Å². The Morgan fingerprint density at radius 1 is 1.10 bits per heavy atom. The molecule has 0 heterocycles. The molecule has 0 fully saturated rings. The minimum atomic E-state index is -0.0498. The molecule has 3 heteroatoms. The summed E-state index contributed by atoms with van der Waals surface area (Å²) >= 11 is 0. The molecule has 3 N–H and O–H groups in total. The Balaban J connectivity index is 2.09. The first kappa shape index (κ1) is 13.7. The summed E-state index contributed by atoms with van der Waals surface area (Å²) in [6, 6.07) is 13.7. The standard InChI is InChI=1S/C18H19NO2/c1-19-11-14-9-13(12-5-3-2-4-6-12)10-16-15(14)7-8-17(20)18(16)21/h2-9,13,19-21H,10-11H2,1H3. The molecular weight excluding hydrogens is 262 g/mol. The number of hydrogen-bond acceptors (Lipinski definition) is 3. The molecule has 1 unspecified atom stereocenters. The van der Waals surface area contributed by atoms with E-state index in [1.807, 2.05) is 31.3 Å². The van der Waals surface area contributed by atoms with Crippen LogP contribution in [0.4, 0.5) is 0 Å². The smallest absolute Gasteiger partial charge is 0.161 e. The Labute approximate surface area is 124 Å². The second-order valence-corrected chi connectivity index (χ2v) is 5.40. The molecule has 2 aromatic rings. The van der Waals surface area contributed by atoms with Crippen LogP contribution >= 0.6 is 0 Å². The molecule has 1 aliphatic carbocycles. The molecule has 21 heavy (non-hydrogen) atoms. The van der Waals surface area contributed by atoms with Gasteiger partial charge in [0, 0.05) is 18.0 Å². The van der Waals surface area contributed by atoms with Crippen molar-refractivity contribution >= 4 is 5.57 Å². The molecule has 0 saturated heterocycles. The third kappa shape index (κ3) is 2.52. The highest BCUT2D eigenvalue weighted by Gasteiger charge is 2.24. The fourth-order valence-corrected chi connectivity index (χ4v) is 3.00. The van der Waals surface area contributed by atoms with Crippen LogP contribution in [0.3, 0.4) is 0 Å². The van der Waals surface area contributed by atoms with Gasteiger partial charge in [-0.25, -0.2) is 0 Å². The van der Waals surface area contributed by atoms with Gasteiger partial charge in [0.25, 0.3) is 0 Å². The van der Waals surface area contributed by atoms with E-state index in [2.05, 4.69) is 23.5 Å². The predicted molar refractivity (Wildman–Crippen MR) is 84.6 cm³/mol. The van der Waals surface area contributed by atoms with Crippen molar-refractivity contribution < 1.29 is 10.2 Å². The number of likely N-dealkylation sites (N-methyl/N-ethyl adjacent to an activating group) is 1. The molecule has 1 aliphatic rings. The van der Waals surface area contributed by atoms with E-state index in [-0.39, 0.29) is 17.4 Å². The van der Waals surface area contributed by atoms with Crippen molar-refractivity contribution in [2.24, 2.45) is 0 Å². The van der Waals surface area contributed by atoms with Crippen molar-refractivity contribution in [1.82, 2.24) is 5.32 Å². The van der Waals surface area contributed by atoms with Crippen LogP contribution < -0.4 is 5.32 Å². The monoisotopic (exact) mass is 281 g/mol. The molecule has 2 aromatic carbocycles. The van der Waals surface area contributed by atoms with E-state index in [4.69, 9.17) is 0 Å². The van der Waals surface area contributed by atoms with E-state index in [1.165, 1.54) is 5.56 Å². The van der Waals surface area contributed by atoms with E-state index in [9.17, 15) is 10.2 Å². The molecular formula is C18H19NO2. The van der Waals surface area contributed by atoms with Gasteiger partial charge in [-0.05, 0) is 36.2 Å². The number of allylic oxidation sites excluding steroid dienone is 1. The molecule has 0 aliphatic heterocycles. The first-order valence-corrected chi connectivity index (χ1v) is 7.15. The van der Waals surface area contributed by atoms with Crippen LogP contribution in [-0.2, 0) is 6.42 Å². The molecule has 3 rings (SSSR count). The van der Waals surface area contributed by atoms with E-state index in [1.54, 1.807) is 6.07 Å². The molecule has 0 radical (unpaired) electrons. The molecule has 1 atom stereocenters. The van der Waals surface area contributed by atoms with Crippen LogP contribution in [0.5, 0.6) is 11.5 Å². The number of nitrogens with one attached hydrogen (secondary N) is 1. The summed E-state index contributed by atoms with van der Waals surface area (Å²) < 4.78 is 0. The van der Waals surface area contributed by atoms with Crippen LogP contribution in [0, 0.1) is 0 Å².